The number of carboxylic acid groups (broad SMARTS) is 1. The van der Waals surface area contributed by atoms with E-state index in [2.05, 4.69) is 10.6 Å². The van der Waals surface area contributed by atoms with E-state index in [-0.39, 0.29) is 12.0 Å². The van der Waals surface area contributed by atoms with E-state index in [1.165, 1.54) is 6.20 Å². The van der Waals surface area contributed by atoms with Crippen molar-refractivity contribution in [2.24, 2.45) is 0 Å². The van der Waals surface area contributed by atoms with Crippen LogP contribution < -0.4 is 16.4 Å². The number of nitrogens with zero attached hydrogens (tertiary/aromatic N) is 1. The Morgan fingerprint density at radius 2 is 2.00 bits per heavy atom. The SMILES string of the molecule is N#C/C(=C/NCCCC(=O)O)C(=O)Nc1ccc(N)cc1. The molecule has 1 rings (SSSR count). The van der Waals surface area contributed by atoms with Gasteiger partial charge in [-0.05, 0) is 30.7 Å². The summed E-state index contributed by atoms with van der Waals surface area (Å²) in [6.45, 7) is 0.368. The third-order valence-corrected chi connectivity index (χ3v) is 2.49. The second-order valence-electron chi connectivity index (χ2n) is 4.20. The van der Waals surface area contributed by atoms with E-state index in [1.807, 2.05) is 0 Å². The van der Waals surface area contributed by atoms with Gasteiger partial charge in [0.2, 0.25) is 0 Å². The fourth-order valence-electron chi connectivity index (χ4n) is 1.43. The standard InChI is InChI=1S/C14H16N4O3/c15-8-10(9-17-7-1-2-13(19)20)14(21)18-12-5-3-11(16)4-6-12/h3-6,9,17H,1-2,7,16H2,(H,18,21)(H,19,20)/b10-9-. The molecule has 5 N–H and O–H groups in total. The molecule has 1 aromatic carbocycles. The average molecular weight is 288 g/mol. The van der Waals surface area contributed by atoms with Crippen LogP contribution in [0.25, 0.3) is 0 Å². The summed E-state index contributed by atoms with van der Waals surface area (Å²) in [4.78, 5) is 22.2. The topological polar surface area (TPSA) is 128 Å². The van der Waals surface area contributed by atoms with Crippen molar-refractivity contribution in [3.05, 3.63) is 36.0 Å². The van der Waals surface area contributed by atoms with E-state index in [4.69, 9.17) is 16.1 Å². The summed E-state index contributed by atoms with van der Waals surface area (Å²) in [5.41, 5.74) is 6.54. The number of amides is 1. The lowest BCUT2D eigenvalue weighted by Gasteiger charge is -2.05. The maximum atomic E-state index is 11.8. The first-order valence-corrected chi connectivity index (χ1v) is 6.25. The normalized spacial score (nSPS) is 10.5. The van der Waals surface area contributed by atoms with Gasteiger partial charge in [-0.25, -0.2) is 0 Å². The molecule has 0 saturated heterocycles. The minimum absolute atomic E-state index is 0.0281. The number of carboxylic acids is 1. The van der Waals surface area contributed by atoms with Crippen molar-refractivity contribution < 1.29 is 14.7 Å². The van der Waals surface area contributed by atoms with Crippen LogP contribution in [0, 0.1) is 11.3 Å². The number of anilines is 2. The van der Waals surface area contributed by atoms with Gasteiger partial charge in [-0.3, -0.25) is 9.59 Å². The number of nitrogen functional groups attached to an aromatic ring is 1. The molecule has 0 bridgehead atoms. The second kappa shape index (κ2) is 8.22. The van der Waals surface area contributed by atoms with Crippen molar-refractivity contribution >= 4 is 23.3 Å². The molecular weight excluding hydrogens is 272 g/mol. The van der Waals surface area contributed by atoms with Gasteiger partial charge >= 0.3 is 5.97 Å². The Bertz CT molecular complexity index is 573. The number of rotatable bonds is 7. The molecule has 0 fully saturated rings. The zero-order valence-electron chi connectivity index (χ0n) is 11.3. The molecule has 1 aromatic rings. The van der Waals surface area contributed by atoms with E-state index in [0.717, 1.165) is 0 Å². The Hall–Kier alpha value is -3.01. The van der Waals surface area contributed by atoms with Gasteiger partial charge in [-0.15, -0.1) is 0 Å². The third kappa shape index (κ3) is 6.11. The number of carbonyl (C=O) groups is 2. The molecule has 0 heterocycles. The number of aliphatic carboxylic acids is 1. The van der Waals surface area contributed by atoms with Gasteiger partial charge in [0, 0.05) is 30.5 Å². The maximum Gasteiger partial charge on any atom is 0.303 e. The van der Waals surface area contributed by atoms with Crippen LogP contribution >= 0.6 is 0 Å². The molecule has 0 unspecified atom stereocenters. The Morgan fingerprint density at radius 3 is 2.57 bits per heavy atom. The number of hydrogen-bond donors (Lipinski definition) is 4. The molecule has 0 atom stereocenters. The zero-order valence-corrected chi connectivity index (χ0v) is 11.3. The highest BCUT2D eigenvalue weighted by molar-refractivity contribution is 6.06. The molecule has 0 aromatic heterocycles. The van der Waals surface area contributed by atoms with E-state index in [0.29, 0.717) is 24.3 Å². The first-order valence-electron chi connectivity index (χ1n) is 6.25. The fourth-order valence-corrected chi connectivity index (χ4v) is 1.43. The summed E-state index contributed by atoms with van der Waals surface area (Å²) >= 11 is 0. The van der Waals surface area contributed by atoms with Crippen molar-refractivity contribution in [1.29, 1.82) is 5.26 Å². The molecule has 0 saturated carbocycles. The molecule has 0 aliphatic rings. The van der Waals surface area contributed by atoms with Crippen LogP contribution in [0.4, 0.5) is 11.4 Å². The minimum atomic E-state index is -0.887. The molecule has 110 valence electrons. The Morgan fingerprint density at radius 1 is 1.33 bits per heavy atom. The number of benzene rings is 1. The molecule has 0 aliphatic heterocycles. The van der Waals surface area contributed by atoms with Crippen LogP contribution in [0.3, 0.4) is 0 Å². The van der Waals surface area contributed by atoms with E-state index >= 15 is 0 Å². The van der Waals surface area contributed by atoms with Gasteiger partial charge in [-0.1, -0.05) is 0 Å². The van der Waals surface area contributed by atoms with Gasteiger partial charge in [-0.2, -0.15) is 5.26 Å². The van der Waals surface area contributed by atoms with Gasteiger partial charge in [0.25, 0.3) is 5.91 Å². The van der Waals surface area contributed by atoms with Gasteiger partial charge in [0.05, 0.1) is 0 Å². The fraction of sp³-hybridized carbons (Fsp3) is 0.214. The predicted octanol–water partition coefficient (Wildman–Crippen LogP) is 1.07. The summed E-state index contributed by atoms with van der Waals surface area (Å²) in [7, 11) is 0. The number of hydrogen-bond acceptors (Lipinski definition) is 5. The molecular formula is C14H16N4O3. The van der Waals surface area contributed by atoms with Crippen LogP contribution in [0.15, 0.2) is 36.0 Å². The monoisotopic (exact) mass is 288 g/mol. The second-order valence-corrected chi connectivity index (χ2v) is 4.20. The zero-order chi connectivity index (χ0) is 15.7. The molecule has 0 radical (unpaired) electrons. The number of nitrogens with two attached hydrogens (primary N) is 1. The minimum Gasteiger partial charge on any atom is -0.481 e. The molecule has 1 amide bonds. The molecule has 7 heteroatoms. The number of carbonyl (C=O) groups excluding carboxylic acids is 1. The maximum absolute atomic E-state index is 11.8. The Kier molecular flexibility index (Phi) is 6.28. The molecule has 0 aliphatic carbocycles. The van der Waals surface area contributed by atoms with Crippen molar-refractivity contribution in [3.63, 3.8) is 0 Å². The average Bonchev–Trinajstić information content (AvgIpc) is 2.45. The smallest absolute Gasteiger partial charge is 0.303 e. The van der Waals surface area contributed by atoms with Crippen molar-refractivity contribution in [2.45, 2.75) is 12.8 Å². The van der Waals surface area contributed by atoms with Crippen LogP contribution in [0.2, 0.25) is 0 Å². The Balaban J connectivity index is 2.51. The highest BCUT2D eigenvalue weighted by Crippen LogP contribution is 2.11. The third-order valence-electron chi connectivity index (χ3n) is 2.49. The summed E-state index contributed by atoms with van der Waals surface area (Å²) in [5, 5.41) is 22.7. The predicted molar refractivity (Wildman–Crippen MR) is 78.1 cm³/mol. The van der Waals surface area contributed by atoms with Crippen molar-refractivity contribution in [3.8, 4) is 6.07 Å². The van der Waals surface area contributed by atoms with Crippen molar-refractivity contribution in [1.82, 2.24) is 5.32 Å². The summed E-state index contributed by atoms with van der Waals surface area (Å²) in [6, 6.07) is 8.30. The highest BCUT2D eigenvalue weighted by Gasteiger charge is 2.08. The van der Waals surface area contributed by atoms with Gasteiger partial charge in [0.1, 0.15) is 11.6 Å². The van der Waals surface area contributed by atoms with Crippen LogP contribution in [0.1, 0.15) is 12.8 Å². The number of nitrogens with one attached hydrogen (secondary N) is 2. The first-order chi connectivity index (χ1) is 10.0. The Labute approximate surface area is 122 Å². The first kappa shape index (κ1) is 16.0. The lowest BCUT2D eigenvalue weighted by Crippen LogP contribution is -2.17. The van der Waals surface area contributed by atoms with Gasteiger partial charge < -0.3 is 21.5 Å². The molecule has 0 spiro atoms. The summed E-state index contributed by atoms with van der Waals surface area (Å²) < 4.78 is 0. The largest absolute Gasteiger partial charge is 0.481 e. The van der Waals surface area contributed by atoms with Crippen LogP contribution in [-0.4, -0.2) is 23.5 Å². The lowest BCUT2D eigenvalue weighted by atomic mass is 10.2. The molecule has 21 heavy (non-hydrogen) atoms. The number of nitriles is 1. The summed E-state index contributed by atoms with van der Waals surface area (Å²) in [5.74, 6) is -1.43. The molecule has 7 nitrogen and oxygen atoms in total. The van der Waals surface area contributed by atoms with Crippen molar-refractivity contribution in [2.75, 3.05) is 17.6 Å². The van der Waals surface area contributed by atoms with Gasteiger partial charge in [0.15, 0.2) is 0 Å². The quantitative estimate of drug-likeness (QED) is 0.257. The summed E-state index contributed by atoms with van der Waals surface area (Å²) in [6.07, 6.45) is 1.71. The van der Waals surface area contributed by atoms with Crippen LogP contribution in [0.5, 0.6) is 0 Å². The van der Waals surface area contributed by atoms with Crippen LogP contribution in [-0.2, 0) is 9.59 Å². The highest BCUT2D eigenvalue weighted by atomic mass is 16.4. The lowest BCUT2D eigenvalue weighted by molar-refractivity contribution is -0.137. The van der Waals surface area contributed by atoms with E-state index in [9.17, 15) is 9.59 Å². The van der Waals surface area contributed by atoms with E-state index < -0.39 is 11.9 Å². The van der Waals surface area contributed by atoms with E-state index in [1.54, 1.807) is 30.3 Å².